The van der Waals surface area contributed by atoms with Crippen molar-refractivity contribution >= 4 is 33.2 Å². The van der Waals surface area contributed by atoms with Crippen molar-refractivity contribution in [3.8, 4) is 0 Å². The van der Waals surface area contributed by atoms with Crippen molar-refractivity contribution in [1.29, 1.82) is 0 Å². The van der Waals surface area contributed by atoms with Gasteiger partial charge in [0.1, 0.15) is 0 Å². The van der Waals surface area contributed by atoms with Gasteiger partial charge in [0.2, 0.25) is 0 Å². The van der Waals surface area contributed by atoms with Gasteiger partial charge in [0, 0.05) is 10.6 Å². The largest absolute Gasteiger partial charge is 0.392 e. The lowest BCUT2D eigenvalue weighted by molar-refractivity contribution is 0.283. The van der Waals surface area contributed by atoms with Gasteiger partial charge < -0.3 is 5.11 Å². The van der Waals surface area contributed by atoms with Gasteiger partial charge in [-0.15, -0.1) is 11.3 Å². The summed E-state index contributed by atoms with van der Waals surface area (Å²) in [7, 11) is 0. The second-order valence-corrected chi connectivity index (χ2v) is 4.58. The van der Waals surface area contributed by atoms with Crippen LogP contribution in [0, 0.1) is 0 Å². The fraction of sp³-hybridized carbons (Fsp3) is 0.300. The zero-order valence-electron chi connectivity index (χ0n) is 7.75. The molecule has 0 radical (unpaired) electrons. The summed E-state index contributed by atoms with van der Waals surface area (Å²) in [6, 6.07) is 3.66. The number of rotatable bonds is 2. The molecule has 1 heterocycles. The second-order valence-electron chi connectivity index (χ2n) is 3.03. The lowest BCUT2D eigenvalue weighted by Gasteiger charge is -1.97. The second kappa shape index (κ2) is 3.85. The van der Waals surface area contributed by atoms with Gasteiger partial charge in [0.25, 0.3) is 0 Å². The molecule has 0 unspecified atom stereocenters. The van der Waals surface area contributed by atoms with E-state index in [1.54, 1.807) is 17.4 Å². The van der Waals surface area contributed by atoms with Crippen molar-refractivity contribution in [2.45, 2.75) is 20.0 Å². The Bertz CT molecular complexity index is 466. The lowest BCUT2D eigenvalue weighted by Crippen LogP contribution is -1.85. The molecule has 74 valence electrons. The molecule has 0 atom stereocenters. The topological polar surface area (TPSA) is 33.1 Å². The molecule has 0 aliphatic heterocycles. The first-order valence-corrected chi connectivity index (χ1v) is 5.62. The van der Waals surface area contributed by atoms with Crippen LogP contribution in [0.15, 0.2) is 12.1 Å². The Balaban J connectivity index is 2.71. The van der Waals surface area contributed by atoms with Crippen LogP contribution in [-0.4, -0.2) is 10.1 Å². The van der Waals surface area contributed by atoms with E-state index >= 15 is 0 Å². The van der Waals surface area contributed by atoms with Gasteiger partial charge in [-0.1, -0.05) is 18.5 Å². The third-order valence-electron chi connectivity index (χ3n) is 2.06. The Morgan fingerprint density at radius 2 is 2.29 bits per heavy atom. The highest BCUT2D eigenvalue weighted by molar-refractivity contribution is 7.18. The molecule has 2 aromatic rings. The zero-order valence-corrected chi connectivity index (χ0v) is 9.32. The Kier molecular flexibility index (Phi) is 2.72. The van der Waals surface area contributed by atoms with Gasteiger partial charge in [-0.3, -0.25) is 0 Å². The highest BCUT2D eigenvalue weighted by atomic mass is 35.5. The predicted molar refractivity (Wildman–Crippen MR) is 59.9 cm³/mol. The van der Waals surface area contributed by atoms with Crippen molar-refractivity contribution < 1.29 is 5.11 Å². The van der Waals surface area contributed by atoms with Gasteiger partial charge in [0.15, 0.2) is 0 Å². The molecule has 0 saturated heterocycles. The smallest absolute Gasteiger partial charge is 0.0936 e. The number of thiazole rings is 1. The molecule has 0 aliphatic carbocycles. The summed E-state index contributed by atoms with van der Waals surface area (Å²) in [4.78, 5) is 4.44. The Labute approximate surface area is 91.2 Å². The molecule has 4 heteroatoms. The first-order chi connectivity index (χ1) is 6.74. The van der Waals surface area contributed by atoms with E-state index in [1.165, 1.54) is 0 Å². The fourth-order valence-electron chi connectivity index (χ4n) is 1.38. The SMILES string of the molecule is CCc1nc2c(CO)cc(Cl)cc2s1. The highest BCUT2D eigenvalue weighted by Gasteiger charge is 2.08. The summed E-state index contributed by atoms with van der Waals surface area (Å²) in [6.45, 7) is 2.06. The van der Waals surface area contributed by atoms with Crippen LogP contribution < -0.4 is 0 Å². The van der Waals surface area contributed by atoms with E-state index in [4.69, 9.17) is 16.7 Å². The number of aliphatic hydroxyl groups is 1. The first-order valence-electron chi connectivity index (χ1n) is 4.43. The Hall–Kier alpha value is -0.640. The van der Waals surface area contributed by atoms with Crippen LogP contribution in [0.25, 0.3) is 10.2 Å². The van der Waals surface area contributed by atoms with Crippen LogP contribution >= 0.6 is 22.9 Å². The van der Waals surface area contributed by atoms with Gasteiger partial charge in [-0.25, -0.2) is 4.98 Å². The minimum Gasteiger partial charge on any atom is -0.392 e. The minimum absolute atomic E-state index is 0.00997. The van der Waals surface area contributed by atoms with Crippen LogP contribution in [0.1, 0.15) is 17.5 Å². The van der Waals surface area contributed by atoms with Crippen molar-refractivity contribution in [1.82, 2.24) is 4.98 Å². The molecule has 0 amide bonds. The van der Waals surface area contributed by atoms with Crippen LogP contribution in [-0.2, 0) is 13.0 Å². The average Bonchev–Trinajstić information content (AvgIpc) is 2.59. The molecule has 0 saturated carbocycles. The third kappa shape index (κ3) is 1.63. The molecular formula is C10H10ClNOS. The number of nitrogens with zero attached hydrogens (tertiary/aromatic N) is 1. The van der Waals surface area contributed by atoms with E-state index in [1.807, 2.05) is 6.07 Å². The van der Waals surface area contributed by atoms with E-state index in [-0.39, 0.29) is 6.61 Å². The monoisotopic (exact) mass is 227 g/mol. The predicted octanol–water partition coefficient (Wildman–Crippen LogP) is 3.00. The van der Waals surface area contributed by atoms with Gasteiger partial charge in [-0.05, 0) is 18.6 Å². The summed E-state index contributed by atoms with van der Waals surface area (Å²) >= 11 is 7.56. The number of aliphatic hydroxyl groups excluding tert-OH is 1. The number of hydrogen-bond donors (Lipinski definition) is 1. The van der Waals surface area contributed by atoms with E-state index in [0.717, 1.165) is 27.2 Å². The number of halogens is 1. The maximum absolute atomic E-state index is 9.15. The maximum Gasteiger partial charge on any atom is 0.0936 e. The molecular weight excluding hydrogens is 218 g/mol. The number of benzene rings is 1. The molecule has 1 aromatic carbocycles. The number of aryl methyl sites for hydroxylation is 1. The van der Waals surface area contributed by atoms with Crippen molar-refractivity contribution in [2.24, 2.45) is 0 Å². The number of fused-ring (bicyclic) bond motifs is 1. The molecule has 1 N–H and O–H groups in total. The van der Waals surface area contributed by atoms with Crippen LogP contribution in [0.5, 0.6) is 0 Å². The zero-order chi connectivity index (χ0) is 10.1. The molecule has 2 nitrogen and oxygen atoms in total. The van der Waals surface area contributed by atoms with Crippen LogP contribution in [0.2, 0.25) is 5.02 Å². The van der Waals surface area contributed by atoms with Crippen molar-refractivity contribution in [3.63, 3.8) is 0 Å². The van der Waals surface area contributed by atoms with Gasteiger partial charge in [0.05, 0.1) is 21.8 Å². The van der Waals surface area contributed by atoms with Crippen LogP contribution in [0.4, 0.5) is 0 Å². The summed E-state index contributed by atoms with van der Waals surface area (Å²) < 4.78 is 1.05. The number of hydrogen-bond acceptors (Lipinski definition) is 3. The maximum atomic E-state index is 9.15. The summed E-state index contributed by atoms with van der Waals surface area (Å²) in [5.74, 6) is 0. The molecule has 14 heavy (non-hydrogen) atoms. The quantitative estimate of drug-likeness (QED) is 0.856. The summed E-state index contributed by atoms with van der Waals surface area (Å²) in [5, 5.41) is 10.9. The lowest BCUT2D eigenvalue weighted by atomic mass is 10.2. The van der Waals surface area contributed by atoms with E-state index in [0.29, 0.717) is 5.02 Å². The molecule has 0 aliphatic rings. The van der Waals surface area contributed by atoms with Gasteiger partial charge >= 0.3 is 0 Å². The van der Waals surface area contributed by atoms with Gasteiger partial charge in [-0.2, -0.15) is 0 Å². The van der Waals surface area contributed by atoms with Crippen molar-refractivity contribution in [2.75, 3.05) is 0 Å². The Morgan fingerprint density at radius 1 is 1.50 bits per heavy atom. The summed E-state index contributed by atoms with van der Waals surface area (Å²) in [6.07, 6.45) is 0.918. The van der Waals surface area contributed by atoms with E-state index in [2.05, 4.69) is 11.9 Å². The van der Waals surface area contributed by atoms with E-state index < -0.39 is 0 Å². The minimum atomic E-state index is -0.00997. The molecule has 2 rings (SSSR count). The Morgan fingerprint density at radius 3 is 2.93 bits per heavy atom. The van der Waals surface area contributed by atoms with Crippen LogP contribution in [0.3, 0.4) is 0 Å². The first kappa shape index (κ1) is 9.90. The standard InChI is InChI=1S/C10H10ClNOS/c1-2-9-12-10-6(5-13)3-7(11)4-8(10)14-9/h3-4,13H,2,5H2,1H3. The molecule has 0 bridgehead atoms. The fourth-order valence-corrected chi connectivity index (χ4v) is 2.68. The molecule has 0 fully saturated rings. The third-order valence-corrected chi connectivity index (χ3v) is 3.42. The van der Waals surface area contributed by atoms with E-state index in [9.17, 15) is 0 Å². The highest BCUT2D eigenvalue weighted by Crippen LogP contribution is 2.28. The summed E-state index contributed by atoms with van der Waals surface area (Å²) in [5.41, 5.74) is 1.70. The average molecular weight is 228 g/mol. The molecule has 0 spiro atoms. The molecule has 1 aromatic heterocycles. The normalized spacial score (nSPS) is 11.1. The number of aromatic nitrogens is 1. The van der Waals surface area contributed by atoms with Crippen molar-refractivity contribution in [3.05, 3.63) is 27.7 Å².